The number of Topliss-reactive ketones (excluding diaryl/α,β-unsaturated/α-hetero) is 2. The number of esters is 1. The number of ether oxygens (including phenoxy) is 2. The Hall–Kier alpha value is -2.70. The molecule has 1 fully saturated rings. The van der Waals surface area contributed by atoms with Crippen molar-refractivity contribution in [3.8, 4) is 0 Å². The highest BCUT2D eigenvalue weighted by Gasteiger charge is 2.56. The topological polar surface area (TPSA) is 154 Å². The maximum Gasteiger partial charge on any atom is 0.336 e. The van der Waals surface area contributed by atoms with Crippen LogP contribution in [0.3, 0.4) is 0 Å². The van der Waals surface area contributed by atoms with Crippen LogP contribution in [0.2, 0.25) is 0 Å². The maximum absolute atomic E-state index is 14.7. The Morgan fingerprint density at radius 1 is 0.976 bits per heavy atom. The summed E-state index contributed by atoms with van der Waals surface area (Å²) in [5, 5.41) is 22.6. The van der Waals surface area contributed by atoms with Crippen LogP contribution in [0.1, 0.15) is 123 Å². The molecule has 1 aliphatic heterocycles. The van der Waals surface area contributed by atoms with Gasteiger partial charge in [-0.15, -0.1) is 0 Å². The van der Waals surface area contributed by atoms with Crippen molar-refractivity contribution in [2.75, 3.05) is 0 Å². The summed E-state index contributed by atoms with van der Waals surface area (Å²) in [4.78, 5) is 63.5. The van der Waals surface area contributed by atoms with Crippen molar-refractivity contribution in [1.29, 1.82) is 0 Å². The zero-order valence-corrected chi connectivity index (χ0v) is 25.1. The standard InChI is InChI=1S/C30H47FN2O9/c1-4-7-9-11-13-16-22(34)26(37)27-30(40,23(35)17-14-12-10-8-5-2)18-24(42-27)32-19-21(31)28(38)33(29(32)39)20-41-25(36)15-6-3/h19,24,26-27,37,40H,4-18,20H2,1-3H3/t24-,26?,27-,30-/m1/s1. The predicted octanol–water partition coefficient (Wildman–Crippen LogP) is 3.69. The van der Waals surface area contributed by atoms with Crippen LogP contribution < -0.4 is 11.2 Å². The number of carbonyl (C=O) groups excluding carboxylic acids is 3. The molecule has 1 saturated heterocycles. The Kier molecular flexibility index (Phi) is 14.7. The predicted molar refractivity (Wildman–Crippen MR) is 152 cm³/mol. The normalized spacial score (nSPS) is 20.9. The zero-order chi connectivity index (χ0) is 31.3. The van der Waals surface area contributed by atoms with Gasteiger partial charge in [-0.05, 0) is 19.3 Å². The van der Waals surface area contributed by atoms with E-state index >= 15 is 0 Å². The van der Waals surface area contributed by atoms with Crippen LogP contribution >= 0.6 is 0 Å². The van der Waals surface area contributed by atoms with E-state index in [4.69, 9.17) is 9.47 Å². The van der Waals surface area contributed by atoms with E-state index in [0.717, 1.165) is 51.4 Å². The molecule has 0 spiro atoms. The quantitative estimate of drug-likeness (QED) is 0.169. The zero-order valence-electron chi connectivity index (χ0n) is 25.1. The molecule has 0 aliphatic carbocycles. The molecule has 42 heavy (non-hydrogen) atoms. The first-order chi connectivity index (χ1) is 20.0. The number of aromatic nitrogens is 2. The third kappa shape index (κ3) is 9.40. The van der Waals surface area contributed by atoms with Gasteiger partial charge in [0, 0.05) is 25.7 Å². The first-order valence-electron chi connectivity index (χ1n) is 15.3. The Morgan fingerprint density at radius 3 is 2.17 bits per heavy atom. The van der Waals surface area contributed by atoms with Gasteiger partial charge in [-0.3, -0.25) is 23.7 Å². The van der Waals surface area contributed by atoms with E-state index in [0.29, 0.717) is 34.6 Å². The number of hydrogen-bond acceptors (Lipinski definition) is 9. The molecule has 1 aromatic heterocycles. The molecule has 0 bridgehead atoms. The summed E-state index contributed by atoms with van der Waals surface area (Å²) in [6.45, 7) is 5.01. The van der Waals surface area contributed by atoms with Gasteiger partial charge in [0.25, 0.3) is 5.56 Å². The van der Waals surface area contributed by atoms with Gasteiger partial charge in [0.1, 0.15) is 18.4 Å². The second-order valence-electron chi connectivity index (χ2n) is 11.1. The van der Waals surface area contributed by atoms with Gasteiger partial charge in [0.15, 0.2) is 23.9 Å². The van der Waals surface area contributed by atoms with E-state index < -0.39 is 71.8 Å². The van der Waals surface area contributed by atoms with Crippen LogP contribution in [-0.2, 0) is 30.6 Å². The number of halogens is 1. The Bertz CT molecular complexity index is 1160. The molecular weight excluding hydrogens is 551 g/mol. The Labute approximate surface area is 246 Å². The first kappa shape index (κ1) is 35.5. The fourth-order valence-electron chi connectivity index (χ4n) is 5.13. The Balaban J connectivity index is 2.34. The molecule has 2 rings (SSSR count). The lowest BCUT2D eigenvalue weighted by Crippen LogP contribution is -2.53. The van der Waals surface area contributed by atoms with Crippen molar-refractivity contribution in [2.45, 2.75) is 148 Å². The number of ketones is 2. The number of rotatable bonds is 20. The van der Waals surface area contributed by atoms with E-state index in [9.17, 15) is 38.6 Å². The summed E-state index contributed by atoms with van der Waals surface area (Å²) < 4.78 is 26.4. The van der Waals surface area contributed by atoms with E-state index in [1.165, 1.54) is 0 Å². The van der Waals surface area contributed by atoms with Crippen LogP contribution in [0.5, 0.6) is 0 Å². The number of aliphatic hydroxyl groups is 2. The van der Waals surface area contributed by atoms with Crippen molar-refractivity contribution >= 4 is 17.5 Å². The lowest BCUT2D eigenvalue weighted by Gasteiger charge is -2.29. The Morgan fingerprint density at radius 2 is 1.57 bits per heavy atom. The smallest absolute Gasteiger partial charge is 0.336 e. The monoisotopic (exact) mass is 598 g/mol. The second kappa shape index (κ2) is 17.4. The highest BCUT2D eigenvalue weighted by molar-refractivity contribution is 5.91. The SMILES string of the molecule is CCCCCCCC(=O)C(O)[C@H]1O[C@@H](n2cc(F)c(=O)n(COC(=O)CCC)c2=O)C[C@@]1(O)C(=O)CCCCCCC. The third-order valence-electron chi connectivity index (χ3n) is 7.67. The number of unbranched alkanes of at least 4 members (excludes halogenated alkanes) is 8. The summed E-state index contributed by atoms with van der Waals surface area (Å²) in [6, 6.07) is 0. The van der Waals surface area contributed by atoms with Gasteiger partial charge >= 0.3 is 11.7 Å². The fraction of sp³-hybridized carbons (Fsp3) is 0.767. The molecule has 0 amide bonds. The van der Waals surface area contributed by atoms with Crippen molar-refractivity contribution in [1.82, 2.24) is 9.13 Å². The summed E-state index contributed by atoms with van der Waals surface area (Å²) in [7, 11) is 0. The second-order valence-corrected chi connectivity index (χ2v) is 11.1. The number of aliphatic hydroxyl groups excluding tert-OH is 1. The van der Waals surface area contributed by atoms with Crippen molar-refractivity contribution < 1.29 is 38.5 Å². The molecule has 0 radical (unpaired) electrons. The molecule has 1 aromatic rings. The van der Waals surface area contributed by atoms with Gasteiger partial charge in [0.2, 0.25) is 5.82 Å². The number of nitrogens with zero attached hydrogens (tertiary/aromatic N) is 2. The average molecular weight is 599 g/mol. The number of carbonyl (C=O) groups is 3. The molecule has 1 aliphatic rings. The molecule has 11 nitrogen and oxygen atoms in total. The van der Waals surface area contributed by atoms with Crippen molar-refractivity contribution in [2.24, 2.45) is 0 Å². The highest BCUT2D eigenvalue weighted by atomic mass is 19.1. The average Bonchev–Trinajstić information content (AvgIpc) is 3.32. The molecule has 12 heteroatoms. The van der Waals surface area contributed by atoms with Crippen LogP contribution in [0.25, 0.3) is 0 Å². The lowest BCUT2D eigenvalue weighted by atomic mass is 9.83. The van der Waals surface area contributed by atoms with E-state index in [1.807, 2.05) is 0 Å². The van der Waals surface area contributed by atoms with Crippen molar-refractivity contribution in [3.63, 3.8) is 0 Å². The lowest BCUT2D eigenvalue weighted by molar-refractivity contribution is -0.160. The molecule has 2 heterocycles. The summed E-state index contributed by atoms with van der Waals surface area (Å²) in [6.07, 6.45) is 3.83. The first-order valence-corrected chi connectivity index (χ1v) is 15.3. The van der Waals surface area contributed by atoms with Gasteiger partial charge in [-0.2, -0.15) is 4.39 Å². The van der Waals surface area contributed by atoms with Crippen LogP contribution in [0, 0.1) is 5.82 Å². The van der Waals surface area contributed by atoms with E-state index in [-0.39, 0.29) is 19.3 Å². The fourth-order valence-corrected chi connectivity index (χ4v) is 5.13. The molecule has 0 saturated carbocycles. The summed E-state index contributed by atoms with van der Waals surface area (Å²) in [5.74, 6) is -3.32. The van der Waals surface area contributed by atoms with E-state index in [1.54, 1.807) is 6.92 Å². The summed E-state index contributed by atoms with van der Waals surface area (Å²) in [5.41, 5.74) is -4.77. The van der Waals surface area contributed by atoms with Crippen LogP contribution in [-0.4, -0.2) is 54.7 Å². The molecule has 4 atom stereocenters. The molecule has 2 N–H and O–H groups in total. The maximum atomic E-state index is 14.7. The van der Waals surface area contributed by atoms with Gasteiger partial charge in [-0.25, -0.2) is 9.36 Å². The third-order valence-corrected chi connectivity index (χ3v) is 7.67. The molecule has 238 valence electrons. The molecule has 0 aromatic carbocycles. The number of hydrogen-bond donors (Lipinski definition) is 2. The minimum absolute atomic E-state index is 0.0132. The van der Waals surface area contributed by atoms with Crippen LogP contribution in [0.4, 0.5) is 4.39 Å². The van der Waals surface area contributed by atoms with Crippen molar-refractivity contribution in [3.05, 3.63) is 32.9 Å². The summed E-state index contributed by atoms with van der Waals surface area (Å²) >= 11 is 0. The van der Waals surface area contributed by atoms with Gasteiger partial charge in [-0.1, -0.05) is 72.1 Å². The minimum Gasteiger partial charge on any atom is -0.444 e. The van der Waals surface area contributed by atoms with Gasteiger partial charge < -0.3 is 19.7 Å². The largest absolute Gasteiger partial charge is 0.444 e. The van der Waals surface area contributed by atoms with E-state index in [2.05, 4.69) is 13.8 Å². The highest BCUT2D eigenvalue weighted by Crippen LogP contribution is 2.40. The molecular formula is C30H47FN2O9. The van der Waals surface area contributed by atoms with Crippen LogP contribution in [0.15, 0.2) is 15.8 Å². The molecule has 1 unspecified atom stereocenters. The van der Waals surface area contributed by atoms with Gasteiger partial charge in [0.05, 0.1) is 6.20 Å². The minimum atomic E-state index is -2.34.